The summed E-state index contributed by atoms with van der Waals surface area (Å²) >= 11 is 0. The van der Waals surface area contributed by atoms with Gasteiger partial charge in [0.05, 0.1) is 18.7 Å². The number of ether oxygens (including phenoxy) is 1. The van der Waals surface area contributed by atoms with Crippen LogP contribution in [0.15, 0.2) is 18.2 Å². The van der Waals surface area contributed by atoms with Crippen LogP contribution in [0, 0.1) is 11.3 Å². The van der Waals surface area contributed by atoms with Gasteiger partial charge in [0.25, 0.3) is 0 Å². The fourth-order valence-corrected chi connectivity index (χ4v) is 1.84. The van der Waals surface area contributed by atoms with E-state index in [1.54, 1.807) is 25.3 Å². The Hall–Kier alpha value is -2.06. The quantitative estimate of drug-likeness (QED) is 0.817. The SMILES string of the molecule is COc1ccc(C#N)cc1CNC1(C(=O)O)CC1. The zero-order chi connectivity index (χ0) is 13.2. The van der Waals surface area contributed by atoms with Gasteiger partial charge in [-0.15, -0.1) is 0 Å². The van der Waals surface area contributed by atoms with Gasteiger partial charge < -0.3 is 9.84 Å². The molecule has 2 N–H and O–H groups in total. The molecule has 94 valence electrons. The van der Waals surface area contributed by atoms with E-state index in [4.69, 9.17) is 15.1 Å². The lowest BCUT2D eigenvalue weighted by atomic mass is 10.1. The lowest BCUT2D eigenvalue weighted by Gasteiger charge is -2.14. The van der Waals surface area contributed by atoms with Crippen molar-refractivity contribution >= 4 is 5.97 Å². The molecule has 0 atom stereocenters. The summed E-state index contributed by atoms with van der Waals surface area (Å²) in [6, 6.07) is 7.16. The maximum absolute atomic E-state index is 11.0. The number of hydrogen-bond donors (Lipinski definition) is 2. The number of aliphatic carboxylic acids is 1. The number of nitrogens with zero attached hydrogens (tertiary/aromatic N) is 1. The van der Waals surface area contributed by atoms with Crippen LogP contribution in [0.25, 0.3) is 0 Å². The highest BCUT2D eigenvalue weighted by Crippen LogP contribution is 2.36. The smallest absolute Gasteiger partial charge is 0.323 e. The van der Waals surface area contributed by atoms with Crippen molar-refractivity contribution in [2.75, 3.05) is 7.11 Å². The van der Waals surface area contributed by atoms with Gasteiger partial charge in [-0.25, -0.2) is 0 Å². The van der Waals surface area contributed by atoms with Crippen molar-refractivity contribution in [3.8, 4) is 11.8 Å². The van der Waals surface area contributed by atoms with Crippen LogP contribution in [0.3, 0.4) is 0 Å². The molecule has 0 radical (unpaired) electrons. The predicted molar refractivity (Wildman–Crippen MR) is 64.1 cm³/mol. The second kappa shape index (κ2) is 4.67. The average molecular weight is 246 g/mol. The molecule has 1 aromatic rings. The van der Waals surface area contributed by atoms with Gasteiger partial charge in [-0.05, 0) is 31.0 Å². The van der Waals surface area contributed by atoms with Crippen LogP contribution in [-0.4, -0.2) is 23.7 Å². The van der Waals surface area contributed by atoms with Gasteiger partial charge >= 0.3 is 5.97 Å². The fraction of sp³-hybridized carbons (Fsp3) is 0.385. The first-order valence-corrected chi connectivity index (χ1v) is 5.67. The van der Waals surface area contributed by atoms with Gasteiger partial charge in [0.15, 0.2) is 0 Å². The monoisotopic (exact) mass is 246 g/mol. The molecule has 0 amide bonds. The molecule has 0 bridgehead atoms. The predicted octanol–water partition coefficient (Wildman–Crippen LogP) is 1.27. The number of hydrogen-bond acceptors (Lipinski definition) is 4. The maximum atomic E-state index is 11.0. The first-order chi connectivity index (χ1) is 8.61. The lowest BCUT2D eigenvalue weighted by molar-refractivity contribution is -0.140. The van der Waals surface area contributed by atoms with E-state index in [1.807, 2.05) is 0 Å². The third-order valence-electron chi connectivity index (χ3n) is 3.19. The fourth-order valence-electron chi connectivity index (χ4n) is 1.84. The van der Waals surface area contributed by atoms with Crippen molar-refractivity contribution in [2.45, 2.75) is 24.9 Å². The van der Waals surface area contributed by atoms with Gasteiger partial charge in [0, 0.05) is 12.1 Å². The van der Waals surface area contributed by atoms with Crippen LogP contribution >= 0.6 is 0 Å². The summed E-state index contributed by atoms with van der Waals surface area (Å²) in [5, 5.41) is 20.9. The normalized spacial score (nSPS) is 15.8. The Morgan fingerprint density at radius 1 is 1.61 bits per heavy atom. The van der Waals surface area contributed by atoms with Gasteiger partial charge in [-0.2, -0.15) is 5.26 Å². The molecule has 0 aromatic heterocycles. The Morgan fingerprint density at radius 2 is 2.33 bits per heavy atom. The lowest BCUT2D eigenvalue weighted by Crippen LogP contribution is -2.38. The highest BCUT2D eigenvalue weighted by molar-refractivity contribution is 5.82. The van der Waals surface area contributed by atoms with E-state index >= 15 is 0 Å². The molecule has 0 heterocycles. The van der Waals surface area contributed by atoms with Crippen LogP contribution in [-0.2, 0) is 11.3 Å². The summed E-state index contributed by atoms with van der Waals surface area (Å²) in [6.45, 7) is 0.380. The van der Waals surface area contributed by atoms with Crippen molar-refractivity contribution in [2.24, 2.45) is 0 Å². The Balaban J connectivity index is 2.13. The van der Waals surface area contributed by atoms with E-state index in [0.29, 0.717) is 30.7 Å². The summed E-state index contributed by atoms with van der Waals surface area (Å²) in [5.41, 5.74) is 0.546. The second-order valence-electron chi connectivity index (χ2n) is 4.38. The molecule has 1 fully saturated rings. The maximum Gasteiger partial charge on any atom is 0.323 e. The molecular weight excluding hydrogens is 232 g/mol. The number of carbonyl (C=O) groups is 1. The van der Waals surface area contributed by atoms with Crippen molar-refractivity contribution in [1.29, 1.82) is 5.26 Å². The molecule has 1 aliphatic carbocycles. The molecule has 1 aliphatic rings. The van der Waals surface area contributed by atoms with Crippen LogP contribution in [0.2, 0.25) is 0 Å². The minimum Gasteiger partial charge on any atom is -0.496 e. The number of rotatable bonds is 5. The van der Waals surface area contributed by atoms with Crippen molar-refractivity contribution in [3.05, 3.63) is 29.3 Å². The summed E-state index contributed by atoms with van der Waals surface area (Å²) in [6.07, 6.45) is 1.28. The standard InChI is InChI=1S/C13H14N2O3/c1-18-11-3-2-9(7-14)6-10(11)8-15-13(4-5-13)12(16)17/h2-3,6,15H,4-5,8H2,1H3,(H,16,17). The first-order valence-electron chi connectivity index (χ1n) is 5.67. The van der Waals surface area contributed by atoms with Gasteiger partial charge in [-0.3, -0.25) is 10.1 Å². The number of nitriles is 1. The topological polar surface area (TPSA) is 82.3 Å². The van der Waals surface area contributed by atoms with E-state index in [9.17, 15) is 4.79 Å². The summed E-state index contributed by atoms with van der Waals surface area (Å²) < 4.78 is 5.19. The number of nitrogens with one attached hydrogen (secondary N) is 1. The average Bonchev–Trinajstić information content (AvgIpc) is 3.17. The Morgan fingerprint density at radius 3 is 2.83 bits per heavy atom. The number of benzene rings is 1. The Labute approximate surface area is 105 Å². The van der Waals surface area contributed by atoms with Crippen molar-refractivity contribution < 1.29 is 14.6 Å². The summed E-state index contributed by atoms with van der Waals surface area (Å²) in [4.78, 5) is 11.0. The third-order valence-corrected chi connectivity index (χ3v) is 3.19. The molecule has 1 saturated carbocycles. The molecule has 5 nitrogen and oxygen atoms in total. The molecule has 2 rings (SSSR count). The van der Waals surface area contributed by atoms with Gasteiger partial charge in [0.1, 0.15) is 11.3 Å². The molecule has 5 heteroatoms. The second-order valence-corrected chi connectivity index (χ2v) is 4.38. The van der Waals surface area contributed by atoms with Gasteiger partial charge in [-0.1, -0.05) is 0 Å². The van der Waals surface area contributed by atoms with Gasteiger partial charge in [0.2, 0.25) is 0 Å². The van der Waals surface area contributed by atoms with Crippen LogP contribution in [0.4, 0.5) is 0 Å². The van der Waals surface area contributed by atoms with Crippen molar-refractivity contribution in [3.63, 3.8) is 0 Å². The van der Waals surface area contributed by atoms with E-state index < -0.39 is 11.5 Å². The minimum atomic E-state index is -0.821. The highest BCUT2D eigenvalue weighted by Gasteiger charge is 2.49. The number of methoxy groups -OCH3 is 1. The molecule has 0 spiro atoms. The molecule has 18 heavy (non-hydrogen) atoms. The Bertz CT molecular complexity index is 515. The summed E-state index contributed by atoms with van der Waals surface area (Å²) in [5.74, 6) is -0.166. The number of carboxylic acids is 1. The zero-order valence-electron chi connectivity index (χ0n) is 10.1. The highest BCUT2D eigenvalue weighted by atomic mass is 16.5. The molecule has 0 saturated heterocycles. The molecular formula is C13H14N2O3. The van der Waals surface area contributed by atoms with E-state index in [1.165, 1.54) is 0 Å². The number of carboxylic acid groups (broad SMARTS) is 1. The van der Waals surface area contributed by atoms with E-state index in [0.717, 1.165) is 5.56 Å². The van der Waals surface area contributed by atoms with E-state index in [-0.39, 0.29) is 0 Å². The summed E-state index contributed by atoms with van der Waals surface area (Å²) in [7, 11) is 1.55. The van der Waals surface area contributed by atoms with Crippen molar-refractivity contribution in [1.82, 2.24) is 5.32 Å². The van der Waals surface area contributed by atoms with Crippen LogP contribution < -0.4 is 10.1 Å². The third kappa shape index (κ3) is 2.29. The van der Waals surface area contributed by atoms with Crippen LogP contribution in [0.1, 0.15) is 24.0 Å². The first kappa shape index (κ1) is 12.4. The molecule has 1 aromatic carbocycles. The molecule has 0 unspecified atom stereocenters. The molecule has 0 aliphatic heterocycles. The zero-order valence-corrected chi connectivity index (χ0v) is 10.1. The van der Waals surface area contributed by atoms with E-state index in [2.05, 4.69) is 11.4 Å². The minimum absolute atomic E-state index is 0.380. The van der Waals surface area contributed by atoms with Crippen LogP contribution in [0.5, 0.6) is 5.75 Å². The Kier molecular flexibility index (Phi) is 3.21. The largest absolute Gasteiger partial charge is 0.496 e.